The van der Waals surface area contributed by atoms with Crippen molar-refractivity contribution >= 4 is 21.7 Å². The summed E-state index contributed by atoms with van der Waals surface area (Å²) in [6.45, 7) is 1.65. The molecule has 9 nitrogen and oxygen atoms in total. The summed E-state index contributed by atoms with van der Waals surface area (Å²) in [6.07, 6.45) is 1.33. The summed E-state index contributed by atoms with van der Waals surface area (Å²) >= 11 is 0. The molecule has 0 saturated carbocycles. The van der Waals surface area contributed by atoms with E-state index < -0.39 is 21.6 Å². The Hall–Kier alpha value is -2.62. The molecule has 22 heavy (non-hydrogen) atoms. The van der Waals surface area contributed by atoms with Gasteiger partial charge in [0.05, 0.1) is 7.11 Å². The molecule has 2 N–H and O–H groups in total. The molecule has 0 atom stereocenters. The Kier molecular flexibility index (Phi) is 4.04. The quantitative estimate of drug-likeness (QED) is 0.763. The minimum absolute atomic E-state index is 0.0795. The van der Waals surface area contributed by atoms with Gasteiger partial charge >= 0.3 is 5.97 Å². The second kappa shape index (κ2) is 5.64. The van der Waals surface area contributed by atoms with Gasteiger partial charge in [-0.3, -0.25) is 9.52 Å². The average molecular weight is 326 g/mol. The molecule has 0 aliphatic carbocycles. The van der Waals surface area contributed by atoms with Crippen LogP contribution in [0.15, 0.2) is 28.2 Å². The number of anilines is 1. The Morgan fingerprint density at radius 3 is 2.59 bits per heavy atom. The number of imidazole rings is 1. The van der Waals surface area contributed by atoms with Gasteiger partial charge in [-0.05, 0) is 19.1 Å². The number of rotatable bonds is 4. The largest absolute Gasteiger partial charge is 0.464 e. The maximum atomic E-state index is 12.2. The molecule has 0 amide bonds. The summed E-state index contributed by atoms with van der Waals surface area (Å²) in [5.74, 6) is -0.220. The fourth-order valence-electron chi connectivity index (χ4n) is 1.64. The maximum Gasteiger partial charge on any atom is 0.354 e. The highest BCUT2D eigenvalue weighted by atomic mass is 32.2. The molecular formula is C12H14N4O5S. The molecular weight excluding hydrogens is 312 g/mol. The zero-order valence-electron chi connectivity index (χ0n) is 12.1. The number of ether oxygens (including phenoxy) is 1. The van der Waals surface area contributed by atoms with Crippen LogP contribution in [-0.4, -0.2) is 36.0 Å². The fraction of sp³-hybridized carbons (Fsp3) is 0.250. The van der Waals surface area contributed by atoms with Gasteiger partial charge in [0.15, 0.2) is 5.03 Å². The zero-order chi connectivity index (χ0) is 16.5. The third-order valence-corrected chi connectivity index (χ3v) is 4.16. The lowest BCUT2D eigenvalue weighted by Gasteiger charge is -2.05. The van der Waals surface area contributed by atoms with Crippen molar-refractivity contribution in [3.05, 3.63) is 40.2 Å². The number of carbonyl (C=O) groups excluding carboxylic acids is 1. The molecule has 10 heteroatoms. The number of aromatic amines is 1. The van der Waals surface area contributed by atoms with Gasteiger partial charge in [-0.25, -0.2) is 9.78 Å². The van der Waals surface area contributed by atoms with E-state index in [1.54, 1.807) is 18.5 Å². The Balaban J connectivity index is 2.34. The lowest BCUT2D eigenvalue weighted by atomic mass is 10.3. The van der Waals surface area contributed by atoms with Crippen LogP contribution in [-0.2, 0) is 21.8 Å². The molecule has 0 unspecified atom stereocenters. The van der Waals surface area contributed by atoms with E-state index in [0.717, 1.165) is 0 Å². The van der Waals surface area contributed by atoms with Gasteiger partial charge in [-0.1, -0.05) is 0 Å². The number of hydrogen-bond acceptors (Lipinski definition) is 6. The molecule has 2 aromatic heterocycles. The predicted molar refractivity (Wildman–Crippen MR) is 77.2 cm³/mol. The van der Waals surface area contributed by atoms with Crippen LogP contribution in [0.25, 0.3) is 0 Å². The van der Waals surface area contributed by atoms with Crippen molar-refractivity contribution in [2.75, 3.05) is 11.8 Å². The first-order valence-corrected chi connectivity index (χ1v) is 7.57. The van der Waals surface area contributed by atoms with Crippen LogP contribution >= 0.6 is 0 Å². The number of hydrogen-bond donors (Lipinski definition) is 2. The molecule has 0 saturated heterocycles. The standard InChI is InChI=1S/C12H14N4O5S/c1-7-13-10(6-16(7)2)22(19,20)15-8-4-5-9(12(18)21-3)14-11(8)17/h4-6,15H,1-3H3,(H,14,17). The number of esters is 1. The number of aryl methyl sites for hydroxylation is 2. The molecule has 118 valence electrons. The number of aromatic nitrogens is 3. The van der Waals surface area contributed by atoms with Gasteiger partial charge in [0.1, 0.15) is 17.2 Å². The SMILES string of the molecule is COC(=O)c1ccc(NS(=O)(=O)c2cn(C)c(C)n2)c(=O)[nH]1. The van der Waals surface area contributed by atoms with Crippen LogP contribution in [0.2, 0.25) is 0 Å². The van der Waals surface area contributed by atoms with Crippen LogP contribution < -0.4 is 10.3 Å². The molecule has 0 bridgehead atoms. The Morgan fingerprint density at radius 2 is 2.09 bits per heavy atom. The lowest BCUT2D eigenvalue weighted by Crippen LogP contribution is -2.22. The minimum Gasteiger partial charge on any atom is -0.464 e. The molecule has 0 aliphatic heterocycles. The second-order valence-corrected chi connectivity index (χ2v) is 6.08. The molecule has 0 spiro atoms. The average Bonchev–Trinajstić information content (AvgIpc) is 2.81. The number of nitrogens with zero attached hydrogens (tertiary/aromatic N) is 2. The van der Waals surface area contributed by atoms with Crippen LogP contribution in [0.4, 0.5) is 5.69 Å². The van der Waals surface area contributed by atoms with Crippen molar-refractivity contribution in [2.45, 2.75) is 11.9 Å². The van der Waals surface area contributed by atoms with E-state index in [2.05, 4.69) is 19.4 Å². The summed E-state index contributed by atoms with van der Waals surface area (Å²) in [5.41, 5.74) is -1.07. The van der Waals surface area contributed by atoms with Crippen LogP contribution in [0.3, 0.4) is 0 Å². The summed E-state index contributed by atoms with van der Waals surface area (Å²) < 4.78 is 32.5. The first kappa shape index (κ1) is 15.8. The third-order valence-electron chi connectivity index (χ3n) is 2.92. The molecule has 2 rings (SSSR count). The summed E-state index contributed by atoms with van der Waals surface area (Å²) in [4.78, 5) is 29.2. The number of methoxy groups -OCH3 is 1. The number of sulfonamides is 1. The molecule has 0 aromatic carbocycles. The van der Waals surface area contributed by atoms with E-state index in [1.165, 1.54) is 25.4 Å². The lowest BCUT2D eigenvalue weighted by molar-refractivity contribution is 0.0594. The van der Waals surface area contributed by atoms with Crippen molar-refractivity contribution in [2.24, 2.45) is 7.05 Å². The van der Waals surface area contributed by atoms with E-state index in [4.69, 9.17) is 0 Å². The number of pyridine rings is 1. The van der Waals surface area contributed by atoms with Crippen LogP contribution in [0.1, 0.15) is 16.3 Å². The molecule has 0 fully saturated rings. The zero-order valence-corrected chi connectivity index (χ0v) is 12.9. The summed E-state index contributed by atoms with van der Waals surface area (Å²) in [6, 6.07) is 2.42. The van der Waals surface area contributed by atoms with E-state index in [-0.39, 0.29) is 16.4 Å². The van der Waals surface area contributed by atoms with Gasteiger partial charge in [-0.2, -0.15) is 8.42 Å². The van der Waals surface area contributed by atoms with Gasteiger partial charge in [-0.15, -0.1) is 0 Å². The Labute approximate surface area is 126 Å². The Morgan fingerprint density at radius 1 is 1.41 bits per heavy atom. The van der Waals surface area contributed by atoms with Crippen LogP contribution in [0.5, 0.6) is 0 Å². The van der Waals surface area contributed by atoms with Crippen molar-refractivity contribution in [3.63, 3.8) is 0 Å². The van der Waals surface area contributed by atoms with Gasteiger partial charge in [0.2, 0.25) is 0 Å². The number of carbonyl (C=O) groups is 1. The highest BCUT2D eigenvalue weighted by Gasteiger charge is 2.20. The summed E-state index contributed by atoms with van der Waals surface area (Å²) in [7, 11) is -1.17. The van der Waals surface area contributed by atoms with Crippen molar-refractivity contribution in [1.82, 2.24) is 14.5 Å². The normalized spacial score (nSPS) is 11.2. The van der Waals surface area contributed by atoms with Crippen molar-refractivity contribution < 1.29 is 17.9 Å². The van der Waals surface area contributed by atoms with Gasteiger partial charge in [0.25, 0.3) is 15.6 Å². The molecule has 2 aromatic rings. The maximum absolute atomic E-state index is 12.2. The highest BCUT2D eigenvalue weighted by molar-refractivity contribution is 7.92. The molecule has 0 radical (unpaired) electrons. The second-order valence-electron chi connectivity index (χ2n) is 4.45. The minimum atomic E-state index is -3.99. The van der Waals surface area contributed by atoms with E-state index in [1.807, 2.05) is 0 Å². The first-order chi connectivity index (χ1) is 10.2. The van der Waals surface area contributed by atoms with E-state index in [9.17, 15) is 18.0 Å². The predicted octanol–water partition coefficient (Wildman–Crippen LogP) is 0.00422. The van der Waals surface area contributed by atoms with Gasteiger partial charge in [0, 0.05) is 13.2 Å². The topological polar surface area (TPSA) is 123 Å². The summed E-state index contributed by atoms with van der Waals surface area (Å²) in [5, 5.41) is -0.205. The first-order valence-electron chi connectivity index (χ1n) is 6.09. The fourth-order valence-corrected chi connectivity index (χ4v) is 2.74. The number of H-pyrrole nitrogens is 1. The number of nitrogens with one attached hydrogen (secondary N) is 2. The molecule has 0 aliphatic rings. The van der Waals surface area contributed by atoms with Gasteiger partial charge < -0.3 is 14.3 Å². The third kappa shape index (κ3) is 3.01. The highest BCUT2D eigenvalue weighted by Crippen LogP contribution is 2.12. The monoisotopic (exact) mass is 326 g/mol. The smallest absolute Gasteiger partial charge is 0.354 e. The van der Waals surface area contributed by atoms with E-state index in [0.29, 0.717) is 5.82 Å². The van der Waals surface area contributed by atoms with E-state index >= 15 is 0 Å². The Bertz CT molecular complexity index is 862. The van der Waals surface area contributed by atoms with Crippen molar-refractivity contribution in [1.29, 1.82) is 0 Å². The van der Waals surface area contributed by atoms with Crippen LogP contribution in [0, 0.1) is 6.92 Å². The van der Waals surface area contributed by atoms with Crippen molar-refractivity contribution in [3.8, 4) is 0 Å². The molecule has 2 heterocycles.